The number of pyridine rings is 1. The normalized spacial score (nSPS) is 11.0. The van der Waals surface area contributed by atoms with Crippen molar-refractivity contribution < 1.29 is 9.90 Å². The van der Waals surface area contributed by atoms with E-state index < -0.39 is 0 Å². The molecule has 3 aromatic rings. The molecule has 0 saturated heterocycles. The molecular weight excluding hydrogens is 332 g/mol. The van der Waals surface area contributed by atoms with Gasteiger partial charge in [-0.25, -0.2) is 4.98 Å². The summed E-state index contributed by atoms with van der Waals surface area (Å²) < 4.78 is 3.68. The molecule has 0 aliphatic rings. The molecule has 0 radical (unpaired) electrons. The predicted molar refractivity (Wildman–Crippen MR) is 98.7 cm³/mol. The van der Waals surface area contributed by atoms with Crippen molar-refractivity contribution in [1.29, 1.82) is 0 Å². The summed E-state index contributed by atoms with van der Waals surface area (Å²) in [6.07, 6.45) is 3.38. The number of fused-ring (bicyclic) bond motifs is 1. The number of para-hydroxylation sites is 1. The lowest BCUT2D eigenvalue weighted by molar-refractivity contribution is -0.133. The molecule has 0 fully saturated rings. The predicted octanol–water partition coefficient (Wildman–Crippen LogP) is 1.06. The van der Waals surface area contributed by atoms with Gasteiger partial charge in [0.05, 0.1) is 30.7 Å². The lowest BCUT2D eigenvalue weighted by atomic mass is 10.2. The van der Waals surface area contributed by atoms with Crippen molar-refractivity contribution >= 4 is 16.8 Å². The Morgan fingerprint density at radius 3 is 2.77 bits per heavy atom. The van der Waals surface area contributed by atoms with Crippen molar-refractivity contribution in [1.82, 2.24) is 19.0 Å². The minimum absolute atomic E-state index is 0.0519. The third-order valence-electron chi connectivity index (χ3n) is 4.51. The number of aryl methyl sites for hydroxylation is 2. The van der Waals surface area contributed by atoms with Crippen LogP contribution in [0.15, 0.2) is 47.7 Å². The number of carbonyl (C=O) groups excluding carboxylic acids is 1. The van der Waals surface area contributed by atoms with Gasteiger partial charge < -0.3 is 19.1 Å². The number of hydrogen-bond donors (Lipinski definition) is 1. The number of benzene rings is 1. The third kappa shape index (κ3) is 3.52. The van der Waals surface area contributed by atoms with Crippen LogP contribution < -0.4 is 5.43 Å². The molecule has 26 heavy (non-hydrogen) atoms. The molecule has 0 aliphatic heterocycles. The Hall–Kier alpha value is -2.93. The fourth-order valence-corrected chi connectivity index (χ4v) is 3.04. The zero-order valence-corrected chi connectivity index (χ0v) is 14.9. The second-order valence-corrected chi connectivity index (χ2v) is 6.29. The molecule has 136 valence electrons. The van der Waals surface area contributed by atoms with Crippen LogP contribution in [-0.4, -0.2) is 43.2 Å². The first-order chi connectivity index (χ1) is 12.5. The van der Waals surface area contributed by atoms with E-state index in [0.29, 0.717) is 11.9 Å². The highest BCUT2D eigenvalue weighted by Gasteiger charge is 2.17. The summed E-state index contributed by atoms with van der Waals surface area (Å²) in [5, 5.41) is 9.94. The molecule has 7 heteroatoms. The van der Waals surface area contributed by atoms with E-state index in [0.717, 1.165) is 16.9 Å². The first-order valence-electron chi connectivity index (χ1n) is 8.44. The van der Waals surface area contributed by atoms with Crippen molar-refractivity contribution in [3.8, 4) is 0 Å². The van der Waals surface area contributed by atoms with Gasteiger partial charge in [-0.1, -0.05) is 12.1 Å². The van der Waals surface area contributed by atoms with Gasteiger partial charge in [0.15, 0.2) is 5.43 Å². The minimum Gasteiger partial charge on any atom is -0.395 e. The molecule has 0 bridgehead atoms. The second kappa shape index (κ2) is 7.53. The van der Waals surface area contributed by atoms with Crippen LogP contribution in [0.1, 0.15) is 11.4 Å². The van der Waals surface area contributed by atoms with Crippen LogP contribution in [0, 0.1) is 6.92 Å². The van der Waals surface area contributed by atoms with Crippen molar-refractivity contribution in [3.05, 3.63) is 64.5 Å². The Balaban J connectivity index is 1.91. The lowest BCUT2D eigenvalue weighted by Gasteiger charge is -2.24. The fraction of sp³-hybridized carbons (Fsp3) is 0.316. The first kappa shape index (κ1) is 17.9. The molecule has 3 rings (SSSR count). The molecule has 0 spiro atoms. The average Bonchev–Trinajstić information content (AvgIpc) is 3.03. The summed E-state index contributed by atoms with van der Waals surface area (Å²) in [6, 6.07) is 8.82. The topological polar surface area (TPSA) is 80.4 Å². The highest BCUT2D eigenvalue weighted by molar-refractivity contribution is 5.82. The Labute approximate surface area is 151 Å². The molecule has 1 aromatic carbocycles. The molecule has 0 atom stereocenters. The number of aromatic nitrogens is 3. The molecule has 0 unspecified atom stereocenters. The molecule has 7 nitrogen and oxygen atoms in total. The van der Waals surface area contributed by atoms with Crippen LogP contribution in [-0.2, 0) is 24.9 Å². The number of amides is 1. The van der Waals surface area contributed by atoms with E-state index in [2.05, 4.69) is 4.98 Å². The van der Waals surface area contributed by atoms with Crippen LogP contribution in [0.3, 0.4) is 0 Å². The Kier molecular flexibility index (Phi) is 5.18. The maximum absolute atomic E-state index is 12.9. The molecule has 0 saturated carbocycles. The Morgan fingerprint density at radius 1 is 1.31 bits per heavy atom. The summed E-state index contributed by atoms with van der Waals surface area (Å²) >= 11 is 0. The average molecular weight is 354 g/mol. The fourth-order valence-electron chi connectivity index (χ4n) is 3.04. The van der Waals surface area contributed by atoms with E-state index in [1.807, 2.05) is 41.3 Å². The quantitative estimate of drug-likeness (QED) is 0.718. The monoisotopic (exact) mass is 354 g/mol. The van der Waals surface area contributed by atoms with Crippen LogP contribution in [0.5, 0.6) is 0 Å². The van der Waals surface area contributed by atoms with Gasteiger partial charge in [-0.05, 0) is 19.1 Å². The molecule has 2 aromatic heterocycles. The summed E-state index contributed by atoms with van der Waals surface area (Å²) in [5.74, 6) is -0.128. The van der Waals surface area contributed by atoms with Gasteiger partial charge in [-0.2, -0.15) is 0 Å². The van der Waals surface area contributed by atoms with Gasteiger partial charge in [0.1, 0.15) is 6.54 Å². The van der Waals surface area contributed by atoms with Crippen molar-refractivity contribution in [2.75, 3.05) is 13.2 Å². The van der Waals surface area contributed by atoms with Gasteiger partial charge in [0.2, 0.25) is 5.91 Å². The number of hydrogen-bond acceptors (Lipinski definition) is 4. The van der Waals surface area contributed by atoms with Crippen molar-refractivity contribution in [2.45, 2.75) is 20.0 Å². The summed E-state index contributed by atoms with van der Waals surface area (Å²) in [4.78, 5) is 30.7. The molecule has 2 heterocycles. The highest BCUT2D eigenvalue weighted by atomic mass is 16.3. The van der Waals surface area contributed by atoms with E-state index in [9.17, 15) is 14.7 Å². The zero-order chi connectivity index (χ0) is 18.7. The zero-order valence-electron chi connectivity index (χ0n) is 14.9. The van der Waals surface area contributed by atoms with E-state index >= 15 is 0 Å². The van der Waals surface area contributed by atoms with Crippen molar-refractivity contribution in [3.63, 3.8) is 0 Å². The SMILES string of the molecule is Cc1cc(=O)c2ccccc2n1CC(=O)N(CCO)Cc1cncn1C. The van der Waals surface area contributed by atoms with Gasteiger partial charge in [-0.15, -0.1) is 0 Å². The molecule has 1 N–H and O–H groups in total. The lowest BCUT2D eigenvalue weighted by Crippen LogP contribution is -2.36. The van der Waals surface area contributed by atoms with Gasteiger partial charge in [0.25, 0.3) is 0 Å². The maximum Gasteiger partial charge on any atom is 0.242 e. The van der Waals surface area contributed by atoms with Gasteiger partial charge >= 0.3 is 0 Å². The summed E-state index contributed by atoms with van der Waals surface area (Å²) in [5.41, 5.74) is 2.29. The molecule has 1 amide bonds. The smallest absolute Gasteiger partial charge is 0.242 e. The van der Waals surface area contributed by atoms with E-state index in [1.54, 1.807) is 29.6 Å². The van der Waals surface area contributed by atoms with E-state index in [1.165, 1.54) is 0 Å². The number of imidazole rings is 1. The van der Waals surface area contributed by atoms with Crippen molar-refractivity contribution in [2.24, 2.45) is 7.05 Å². The van der Waals surface area contributed by atoms with Gasteiger partial charge in [-0.3, -0.25) is 9.59 Å². The van der Waals surface area contributed by atoms with E-state index in [-0.39, 0.29) is 31.0 Å². The van der Waals surface area contributed by atoms with Crippen LogP contribution in [0.25, 0.3) is 10.9 Å². The van der Waals surface area contributed by atoms with Crippen LogP contribution in [0.4, 0.5) is 0 Å². The third-order valence-corrected chi connectivity index (χ3v) is 4.51. The van der Waals surface area contributed by atoms with E-state index in [4.69, 9.17) is 0 Å². The summed E-state index contributed by atoms with van der Waals surface area (Å²) in [6.45, 7) is 2.41. The van der Waals surface area contributed by atoms with Gasteiger partial charge in [0, 0.05) is 36.9 Å². The van der Waals surface area contributed by atoms with Crippen LogP contribution >= 0.6 is 0 Å². The number of aliphatic hydroxyl groups is 1. The maximum atomic E-state index is 12.9. The number of nitrogens with zero attached hydrogens (tertiary/aromatic N) is 4. The van der Waals surface area contributed by atoms with Crippen LogP contribution in [0.2, 0.25) is 0 Å². The number of aliphatic hydroxyl groups excluding tert-OH is 1. The highest BCUT2D eigenvalue weighted by Crippen LogP contribution is 2.14. The Bertz CT molecular complexity index is 990. The largest absolute Gasteiger partial charge is 0.395 e. The first-order valence-corrected chi connectivity index (χ1v) is 8.44. The minimum atomic E-state index is -0.128. The molecule has 0 aliphatic carbocycles. The molecular formula is C19H22N4O3. The second-order valence-electron chi connectivity index (χ2n) is 6.29. The number of carbonyl (C=O) groups is 1. The Morgan fingerprint density at radius 2 is 2.08 bits per heavy atom. The standard InChI is InChI=1S/C19H22N4O3/c1-14-9-18(25)16-5-3-4-6-17(16)23(14)12-19(26)22(7-8-24)11-15-10-20-13-21(15)2/h3-6,9-10,13,24H,7-8,11-12H2,1-2H3. The number of rotatable bonds is 6. The summed E-state index contributed by atoms with van der Waals surface area (Å²) in [7, 11) is 1.86.